The quantitative estimate of drug-likeness (QED) is 0.657. The minimum Gasteiger partial charge on any atom is -0.0928 e. The molecule has 0 saturated heterocycles. The fourth-order valence-corrected chi connectivity index (χ4v) is 7.18. The number of hydrogen-bond acceptors (Lipinski definition) is 0. The maximum Gasteiger partial charge on any atom is 0.0268 e. The van der Waals surface area contributed by atoms with Gasteiger partial charge >= 0.3 is 0 Å². The van der Waals surface area contributed by atoms with Gasteiger partial charge in [-0.1, -0.05) is 31.9 Å². The van der Waals surface area contributed by atoms with E-state index in [9.17, 15) is 0 Å². The fraction of sp³-hybridized carbons (Fsp3) is 1.00. The van der Waals surface area contributed by atoms with Crippen molar-refractivity contribution in [1.29, 1.82) is 0 Å². The molecule has 0 amide bonds. The van der Waals surface area contributed by atoms with Gasteiger partial charge in [-0.3, -0.25) is 0 Å². The molecule has 4 atom stereocenters. The molecule has 2 unspecified atom stereocenters. The molecule has 0 aliphatic heterocycles. The van der Waals surface area contributed by atoms with Gasteiger partial charge in [-0.15, -0.1) is 0 Å². The molecule has 14 heavy (non-hydrogen) atoms. The third kappa shape index (κ3) is 1.52. The molecule has 2 heteroatoms. The van der Waals surface area contributed by atoms with Crippen molar-refractivity contribution >= 4 is 31.9 Å². The van der Waals surface area contributed by atoms with E-state index in [1.165, 1.54) is 50.3 Å². The van der Waals surface area contributed by atoms with E-state index in [-0.39, 0.29) is 0 Å². The van der Waals surface area contributed by atoms with Gasteiger partial charge in [-0.25, -0.2) is 0 Å². The van der Waals surface area contributed by atoms with Crippen LogP contribution in [0.2, 0.25) is 0 Å². The van der Waals surface area contributed by atoms with Crippen LogP contribution in [-0.2, 0) is 0 Å². The highest BCUT2D eigenvalue weighted by molar-refractivity contribution is 9.10. The van der Waals surface area contributed by atoms with Crippen LogP contribution in [0.1, 0.15) is 44.9 Å². The molecule has 4 aliphatic carbocycles. The van der Waals surface area contributed by atoms with E-state index in [4.69, 9.17) is 0 Å². The van der Waals surface area contributed by atoms with Crippen molar-refractivity contribution in [3.8, 4) is 0 Å². The van der Waals surface area contributed by atoms with E-state index in [1.54, 1.807) is 0 Å². The third-order valence-corrected chi connectivity index (χ3v) is 6.06. The van der Waals surface area contributed by atoms with Crippen LogP contribution >= 0.6 is 31.9 Å². The minimum atomic E-state index is 0.555. The smallest absolute Gasteiger partial charge is 0.0268 e. The van der Waals surface area contributed by atoms with Crippen molar-refractivity contribution in [2.45, 2.75) is 49.3 Å². The summed E-state index contributed by atoms with van der Waals surface area (Å²) in [5.41, 5.74) is 0.719. The molecule has 80 valence electrons. The fourth-order valence-electron chi connectivity index (χ4n) is 4.83. The molecule has 0 spiro atoms. The Morgan fingerprint density at radius 2 is 1.71 bits per heavy atom. The van der Waals surface area contributed by atoms with Gasteiger partial charge in [0.1, 0.15) is 0 Å². The number of hydrogen-bond donors (Lipinski definition) is 0. The zero-order valence-electron chi connectivity index (χ0n) is 8.57. The van der Waals surface area contributed by atoms with Gasteiger partial charge in [0.2, 0.25) is 0 Å². The summed E-state index contributed by atoms with van der Waals surface area (Å²) in [4.78, 5) is 0. The first kappa shape index (κ1) is 10.1. The van der Waals surface area contributed by atoms with Gasteiger partial charge in [0.05, 0.1) is 0 Å². The molecule has 0 aromatic heterocycles. The highest BCUT2D eigenvalue weighted by atomic mass is 79.9. The molecule has 4 aliphatic rings. The second kappa shape index (κ2) is 3.23. The highest BCUT2D eigenvalue weighted by Crippen LogP contribution is 2.65. The average Bonchev–Trinajstić information content (AvgIpc) is 1.97. The van der Waals surface area contributed by atoms with Gasteiger partial charge < -0.3 is 0 Å². The predicted octanol–water partition coefficient (Wildman–Crippen LogP) is 4.51. The third-order valence-electron chi connectivity index (χ3n) is 4.74. The maximum absolute atomic E-state index is 4.05. The first-order chi connectivity index (χ1) is 6.63. The summed E-state index contributed by atoms with van der Waals surface area (Å²) in [5.74, 6) is 2.10. The van der Waals surface area contributed by atoms with Gasteiger partial charge in [0, 0.05) is 9.65 Å². The summed E-state index contributed by atoms with van der Waals surface area (Å²) in [6.07, 6.45) is 10.4. The van der Waals surface area contributed by atoms with E-state index in [2.05, 4.69) is 31.9 Å². The average molecular weight is 322 g/mol. The second-order valence-corrected chi connectivity index (χ2v) is 8.53. The van der Waals surface area contributed by atoms with Gasteiger partial charge in [0.25, 0.3) is 0 Å². The molecule has 0 N–H and O–H groups in total. The molecule has 4 fully saturated rings. The molecule has 0 aromatic rings. The SMILES string of the molecule is BrCCC12C[C@@H]3C[C@@H](CC(Br)(C3)C1)C2. The van der Waals surface area contributed by atoms with Gasteiger partial charge in [0.15, 0.2) is 0 Å². The lowest BCUT2D eigenvalue weighted by molar-refractivity contribution is -0.0361. The summed E-state index contributed by atoms with van der Waals surface area (Å²) < 4.78 is 0.555. The van der Waals surface area contributed by atoms with Crippen molar-refractivity contribution < 1.29 is 0 Å². The Hall–Kier alpha value is 0.960. The molecule has 0 heterocycles. The first-order valence-electron chi connectivity index (χ1n) is 5.88. The summed E-state index contributed by atoms with van der Waals surface area (Å²) in [7, 11) is 0. The molecule has 0 nitrogen and oxygen atoms in total. The molecular weight excluding hydrogens is 304 g/mol. The zero-order valence-corrected chi connectivity index (χ0v) is 11.7. The Balaban J connectivity index is 1.89. The van der Waals surface area contributed by atoms with Crippen molar-refractivity contribution in [1.82, 2.24) is 0 Å². The van der Waals surface area contributed by atoms with Crippen LogP contribution in [0.15, 0.2) is 0 Å². The molecule has 4 rings (SSSR count). The first-order valence-corrected chi connectivity index (χ1v) is 7.80. The summed E-state index contributed by atoms with van der Waals surface area (Å²) >= 11 is 7.69. The van der Waals surface area contributed by atoms with Crippen LogP contribution in [0.3, 0.4) is 0 Å². The molecular formula is C12H18Br2. The van der Waals surface area contributed by atoms with E-state index in [0.717, 1.165) is 17.3 Å². The van der Waals surface area contributed by atoms with Crippen LogP contribution in [0.25, 0.3) is 0 Å². The summed E-state index contributed by atoms with van der Waals surface area (Å²) in [5, 5.41) is 1.20. The minimum absolute atomic E-state index is 0.555. The Labute approximate surface area is 103 Å². The van der Waals surface area contributed by atoms with Crippen LogP contribution < -0.4 is 0 Å². The Morgan fingerprint density at radius 3 is 2.21 bits per heavy atom. The topological polar surface area (TPSA) is 0 Å². The van der Waals surface area contributed by atoms with Gasteiger partial charge in [-0.2, -0.15) is 0 Å². The number of halogens is 2. The molecule has 4 saturated carbocycles. The van der Waals surface area contributed by atoms with Crippen molar-refractivity contribution in [2.75, 3.05) is 5.33 Å². The Bertz CT molecular complexity index is 235. The van der Waals surface area contributed by atoms with E-state index in [1.807, 2.05) is 0 Å². The normalized spacial score (nSPS) is 55.3. The van der Waals surface area contributed by atoms with Gasteiger partial charge in [-0.05, 0) is 62.2 Å². The van der Waals surface area contributed by atoms with Crippen LogP contribution in [0.5, 0.6) is 0 Å². The van der Waals surface area contributed by atoms with E-state index >= 15 is 0 Å². The van der Waals surface area contributed by atoms with E-state index < -0.39 is 0 Å². The molecule has 0 aromatic carbocycles. The van der Waals surface area contributed by atoms with Crippen molar-refractivity contribution in [3.63, 3.8) is 0 Å². The standard InChI is InChI=1S/C12H18Br2/c13-2-1-11-4-9-3-10(5-11)7-12(14,6-9)8-11/h9-10H,1-8H2/t9-,10+,11?,12?. The van der Waals surface area contributed by atoms with Crippen LogP contribution in [0, 0.1) is 17.3 Å². The van der Waals surface area contributed by atoms with Crippen LogP contribution in [-0.4, -0.2) is 9.65 Å². The lowest BCUT2D eigenvalue weighted by Gasteiger charge is -2.60. The van der Waals surface area contributed by atoms with Crippen molar-refractivity contribution in [3.05, 3.63) is 0 Å². The lowest BCUT2D eigenvalue weighted by atomic mass is 9.49. The number of rotatable bonds is 2. The highest BCUT2D eigenvalue weighted by Gasteiger charge is 2.56. The van der Waals surface area contributed by atoms with Crippen LogP contribution in [0.4, 0.5) is 0 Å². The second-order valence-electron chi connectivity index (χ2n) is 6.05. The predicted molar refractivity (Wildman–Crippen MR) is 67.2 cm³/mol. The van der Waals surface area contributed by atoms with E-state index in [0.29, 0.717) is 4.32 Å². The zero-order chi connectivity index (χ0) is 9.81. The molecule has 4 bridgehead atoms. The largest absolute Gasteiger partial charge is 0.0928 e. The maximum atomic E-state index is 4.05. The van der Waals surface area contributed by atoms with Crippen molar-refractivity contribution in [2.24, 2.45) is 17.3 Å². The number of alkyl halides is 2. The summed E-state index contributed by atoms with van der Waals surface area (Å²) in [6.45, 7) is 0. The lowest BCUT2D eigenvalue weighted by Crippen LogP contribution is -2.52. The Morgan fingerprint density at radius 1 is 1.07 bits per heavy atom. The Kier molecular flexibility index (Phi) is 2.34. The monoisotopic (exact) mass is 320 g/mol. The molecule has 0 radical (unpaired) electrons. The summed E-state index contributed by atoms with van der Waals surface area (Å²) in [6, 6.07) is 0.